The molecule has 0 spiro atoms. The van der Waals surface area contributed by atoms with Crippen molar-refractivity contribution < 1.29 is 4.79 Å². The van der Waals surface area contributed by atoms with Crippen molar-refractivity contribution in [3.63, 3.8) is 0 Å². The van der Waals surface area contributed by atoms with Crippen LogP contribution < -0.4 is 5.73 Å². The van der Waals surface area contributed by atoms with Crippen molar-refractivity contribution in [3.05, 3.63) is 12.0 Å². The third kappa shape index (κ3) is 1.26. The van der Waals surface area contributed by atoms with E-state index in [-0.39, 0.29) is 0 Å². The topological polar surface area (TPSA) is 73.3 Å². The number of aromatic nitrogens is 2. The molecular formula is C6H8N4O. The number of imidazole rings is 1. The summed E-state index contributed by atoms with van der Waals surface area (Å²) in [4.78, 5) is 17.9. The van der Waals surface area contributed by atoms with Gasteiger partial charge >= 0.3 is 0 Å². The van der Waals surface area contributed by atoms with Gasteiger partial charge in [0.2, 0.25) is 0 Å². The fourth-order valence-electron chi connectivity index (χ4n) is 0.753. The second-order valence-corrected chi connectivity index (χ2v) is 1.96. The van der Waals surface area contributed by atoms with Gasteiger partial charge in [-0.25, -0.2) is 9.98 Å². The predicted octanol–water partition coefficient (Wildman–Crippen LogP) is -0.149. The highest BCUT2D eigenvalue weighted by atomic mass is 16.1. The third-order valence-corrected chi connectivity index (χ3v) is 1.24. The van der Waals surface area contributed by atoms with Gasteiger partial charge in [-0.2, -0.15) is 0 Å². The van der Waals surface area contributed by atoms with Crippen molar-refractivity contribution in [2.24, 2.45) is 17.8 Å². The molecule has 0 fully saturated rings. The Labute approximate surface area is 63.6 Å². The number of hydrogen-bond acceptors (Lipinski definition) is 3. The van der Waals surface area contributed by atoms with Crippen molar-refractivity contribution in [1.82, 2.24) is 9.55 Å². The van der Waals surface area contributed by atoms with Crippen LogP contribution in [0.15, 0.2) is 11.3 Å². The van der Waals surface area contributed by atoms with E-state index in [1.165, 1.54) is 6.33 Å². The number of nitrogens with zero attached hydrogens (tertiary/aromatic N) is 3. The minimum Gasteiger partial charge on any atom is -0.390 e. The molecule has 0 saturated carbocycles. The quantitative estimate of drug-likeness (QED) is 0.364. The van der Waals surface area contributed by atoms with Crippen molar-refractivity contribution in [2.45, 2.75) is 0 Å². The number of carbonyl (C=O) groups excluding carboxylic acids is 1. The van der Waals surface area contributed by atoms with Crippen molar-refractivity contribution >= 4 is 18.4 Å². The van der Waals surface area contributed by atoms with Crippen LogP contribution in [0, 0.1) is 0 Å². The molecule has 5 nitrogen and oxygen atoms in total. The lowest BCUT2D eigenvalue weighted by Gasteiger charge is -1.92. The van der Waals surface area contributed by atoms with Gasteiger partial charge in [-0.1, -0.05) is 0 Å². The van der Waals surface area contributed by atoms with Gasteiger partial charge in [-0.15, -0.1) is 0 Å². The van der Waals surface area contributed by atoms with Crippen LogP contribution in [0.25, 0.3) is 0 Å². The summed E-state index contributed by atoms with van der Waals surface area (Å²) in [6.07, 6.45) is 3.28. The van der Waals surface area contributed by atoms with E-state index in [2.05, 4.69) is 9.98 Å². The van der Waals surface area contributed by atoms with E-state index in [0.717, 1.165) is 6.34 Å². The standard InChI is InChI=1S/C6H8N4O/c1-10-4-9-5(2-11)6(10)8-3-7/h2-4H,1H3,(H2,7,8). The maximum Gasteiger partial charge on any atom is 0.172 e. The molecule has 0 aliphatic rings. The molecule has 1 rings (SSSR count). The molecule has 0 amide bonds. The van der Waals surface area contributed by atoms with Gasteiger partial charge in [-0.05, 0) is 0 Å². The molecule has 1 aromatic heterocycles. The zero-order valence-corrected chi connectivity index (χ0v) is 6.06. The van der Waals surface area contributed by atoms with Crippen LogP contribution in [0.4, 0.5) is 5.82 Å². The van der Waals surface area contributed by atoms with Gasteiger partial charge in [-0.3, -0.25) is 4.79 Å². The highest BCUT2D eigenvalue weighted by Crippen LogP contribution is 2.13. The van der Waals surface area contributed by atoms with Crippen LogP contribution in [0.2, 0.25) is 0 Å². The van der Waals surface area contributed by atoms with E-state index in [0.29, 0.717) is 17.8 Å². The minimum atomic E-state index is 0.300. The summed E-state index contributed by atoms with van der Waals surface area (Å²) in [6.45, 7) is 0. The van der Waals surface area contributed by atoms with E-state index < -0.39 is 0 Å². The maximum atomic E-state index is 10.3. The Hall–Kier alpha value is -1.65. The summed E-state index contributed by atoms with van der Waals surface area (Å²) in [5.74, 6) is 0.475. The lowest BCUT2D eigenvalue weighted by atomic mass is 10.5. The molecule has 1 aromatic rings. The number of carbonyl (C=O) groups is 1. The lowest BCUT2D eigenvalue weighted by molar-refractivity contribution is 0.112. The molecule has 0 atom stereocenters. The second kappa shape index (κ2) is 2.96. The molecule has 5 heteroatoms. The van der Waals surface area contributed by atoms with Crippen LogP contribution in [0.1, 0.15) is 10.5 Å². The molecule has 2 N–H and O–H groups in total. The van der Waals surface area contributed by atoms with Crippen molar-refractivity contribution in [1.29, 1.82) is 0 Å². The van der Waals surface area contributed by atoms with Crippen LogP contribution in [0.3, 0.4) is 0 Å². The van der Waals surface area contributed by atoms with Gasteiger partial charge in [0.15, 0.2) is 12.1 Å². The van der Waals surface area contributed by atoms with Gasteiger partial charge < -0.3 is 10.3 Å². The summed E-state index contributed by atoms with van der Waals surface area (Å²) in [6, 6.07) is 0. The molecule has 0 radical (unpaired) electrons. The Morgan fingerprint density at radius 1 is 1.82 bits per heavy atom. The third-order valence-electron chi connectivity index (χ3n) is 1.24. The molecule has 0 unspecified atom stereocenters. The molecule has 0 bridgehead atoms. The van der Waals surface area contributed by atoms with E-state index in [4.69, 9.17) is 5.73 Å². The first-order valence-electron chi connectivity index (χ1n) is 3.00. The van der Waals surface area contributed by atoms with Crippen molar-refractivity contribution in [3.8, 4) is 0 Å². The summed E-state index contributed by atoms with van der Waals surface area (Å²) in [5.41, 5.74) is 5.36. The van der Waals surface area contributed by atoms with E-state index in [1.807, 2.05) is 0 Å². The Morgan fingerprint density at radius 2 is 2.55 bits per heavy atom. The van der Waals surface area contributed by atoms with Gasteiger partial charge in [0.05, 0.1) is 12.7 Å². The van der Waals surface area contributed by atoms with Gasteiger partial charge in [0.25, 0.3) is 0 Å². The fraction of sp³-hybridized carbons (Fsp3) is 0.167. The zero-order valence-electron chi connectivity index (χ0n) is 6.06. The van der Waals surface area contributed by atoms with Crippen LogP contribution in [0.5, 0.6) is 0 Å². The lowest BCUT2D eigenvalue weighted by Crippen LogP contribution is -1.91. The highest BCUT2D eigenvalue weighted by Gasteiger charge is 2.04. The summed E-state index contributed by atoms with van der Waals surface area (Å²) in [7, 11) is 1.74. The molecule has 0 aliphatic heterocycles. The Balaban J connectivity index is 3.17. The van der Waals surface area contributed by atoms with Crippen LogP contribution >= 0.6 is 0 Å². The van der Waals surface area contributed by atoms with Crippen LogP contribution in [-0.2, 0) is 7.05 Å². The SMILES string of the molecule is Cn1cnc(C=O)c1N=CN. The largest absolute Gasteiger partial charge is 0.390 e. The van der Waals surface area contributed by atoms with E-state index in [9.17, 15) is 4.79 Å². The average molecular weight is 152 g/mol. The van der Waals surface area contributed by atoms with E-state index in [1.54, 1.807) is 11.6 Å². The van der Waals surface area contributed by atoms with Gasteiger partial charge in [0.1, 0.15) is 5.69 Å². The number of hydrogen-bond donors (Lipinski definition) is 1. The molecule has 0 aromatic carbocycles. The Kier molecular flexibility index (Phi) is 2.00. The fourth-order valence-corrected chi connectivity index (χ4v) is 0.753. The molecule has 0 aliphatic carbocycles. The van der Waals surface area contributed by atoms with Crippen LogP contribution in [-0.4, -0.2) is 22.2 Å². The Bertz CT molecular complexity index is 289. The summed E-state index contributed by atoms with van der Waals surface area (Å²) >= 11 is 0. The normalized spacial score (nSPS) is 10.6. The first-order valence-corrected chi connectivity index (χ1v) is 3.00. The van der Waals surface area contributed by atoms with Gasteiger partial charge in [0, 0.05) is 7.05 Å². The van der Waals surface area contributed by atoms with E-state index >= 15 is 0 Å². The first-order chi connectivity index (χ1) is 5.29. The number of rotatable bonds is 2. The number of aliphatic imine (C=N–C) groups is 1. The summed E-state index contributed by atoms with van der Waals surface area (Å²) < 4.78 is 1.62. The molecule has 1 heterocycles. The number of aryl methyl sites for hydroxylation is 1. The predicted molar refractivity (Wildman–Crippen MR) is 40.9 cm³/mol. The summed E-state index contributed by atoms with van der Waals surface area (Å²) in [5, 5.41) is 0. The smallest absolute Gasteiger partial charge is 0.172 e. The number of aldehydes is 1. The van der Waals surface area contributed by atoms with Crippen molar-refractivity contribution in [2.75, 3.05) is 0 Å². The first kappa shape index (κ1) is 7.46. The molecular weight excluding hydrogens is 144 g/mol. The average Bonchev–Trinajstić information content (AvgIpc) is 2.34. The molecule has 0 saturated heterocycles. The molecule has 58 valence electrons. The second-order valence-electron chi connectivity index (χ2n) is 1.96. The number of nitrogens with two attached hydrogens (primary N) is 1. The monoisotopic (exact) mass is 152 g/mol. The Morgan fingerprint density at radius 3 is 3.09 bits per heavy atom. The molecule has 11 heavy (non-hydrogen) atoms. The minimum absolute atomic E-state index is 0.300. The zero-order chi connectivity index (χ0) is 8.27. The maximum absolute atomic E-state index is 10.3. The highest BCUT2D eigenvalue weighted by molar-refractivity contribution is 5.80.